The van der Waals surface area contributed by atoms with Gasteiger partial charge in [0.2, 0.25) is 11.9 Å². The van der Waals surface area contributed by atoms with Crippen LogP contribution in [0.3, 0.4) is 0 Å². The van der Waals surface area contributed by atoms with Crippen LogP contribution in [0.25, 0.3) is 0 Å². The zero-order valence-corrected chi connectivity index (χ0v) is 9.69. The lowest BCUT2D eigenvalue weighted by Gasteiger charge is -2.12. The Morgan fingerprint density at radius 3 is 2.47 bits per heavy atom. The van der Waals surface area contributed by atoms with Gasteiger partial charge in [0.1, 0.15) is 12.7 Å². The first-order valence-electron chi connectivity index (χ1n) is 4.78. The van der Waals surface area contributed by atoms with Crippen molar-refractivity contribution in [2.24, 2.45) is 0 Å². The zero-order valence-electron chi connectivity index (χ0n) is 9.69. The van der Waals surface area contributed by atoms with Gasteiger partial charge in [0.05, 0.1) is 7.11 Å². The number of nitrogens with one attached hydrogen (secondary N) is 1. The minimum atomic E-state index is 0.235. The third kappa shape index (κ3) is 2.56. The van der Waals surface area contributed by atoms with Crippen molar-refractivity contribution in [2.75, 3.05) is 31.5 Å². The SMILES string of the molecule is COc1nc(Nn2cnnc2)nc(N(C)C)n1. The van der Waals surface area contributed by atoms with Gasteiger partial charge >= 0.3 is 6.01 Å². The Morgan fingerprint density at radius 2 is 1.88 bits per heavy atom. The van der Waals surface area contributed by atoms with E-state index >= 15 is 0 Å². The predicted octanol–water partition coefficient (Wildman–Crippen LogP) is -0.587. The molecule has 0 atom stereocenters. The first-order valence-corrected chi connectivity index (χ1v) is 4.78. The van der Waals surface area contributed by atoms with Crippen LogP contribution in [0.2, 0.25) is 0 Å². The van der Waals surface area contributed by atoms with Gasteiger partial charge in [-0.2, -0.15) is 15.0 Å². The fraction of sp³-hybridized carbons (Fsp3) is 0.375. The molecule has 0 fully saturated rings. The summed E-state index contributed by atoms with van der Waals surface area (Å²) in [6.07, 6.45) is 2.98. The molecule has 0 spiro atoms. The van der Waals surface area contributed by atoms with Crippen molar-refractivity contribution < 1.29 is 4.74 Å². The topological polar surface area (TPSA) is 93.9 Å². The molecule has 0 saturated heterocycles. The molecule has 0 saturated carbocycles. The molecule has 9 nitrogen and oxygen atoms in total. The van der Waals surface area contributed by atoms with E-state index in [0.29, 0.717) is 11.9 Å². The quantitative estimate of drug-likeness (QED) is 0.753. The van der Waals surface area contributed by atoms with Crippen LogP contribution in [-0.2, 0) is 0 Å². The normalized spacial score (nSPS) is 10.1. The largest absolute Gasteiger partial charge is 0.467 e. The van der Waals surface area contributed by atoms with Crippen LogP contribution < -0.4 is 15.1 Å². The molecule has 2 heterocycles. The highest BCUT2D eigenvalue weighted by Gasteiger charge is 2.08. The molecule has 0 unspecified atom stereocenters. The summed E-state index contributed by atoms with van der Waals surface area (Å²) >= 11 is 0. The predicted molar refractivity (Wildman–Crippen MR) is 59.7 cm³/mol. The van der Waals surface area contributed by atoms with Crippen molar-refractivity contribution in [3.8, 4) is 6.01 Å². The molecule has 0 amide bonds. The van der Waals surface area contributed by atoms with E-state index in [9.17, 15) is 0 Å². The minimum absolute atomic E-state index is 0.235. The average Bonchev–Trinajstić information content (AvgIpc) is 2.81. The van der Waals surface area contributed by atoms with Gasteiger partial charge in [0.15, 0.2) is 0 Å². The van der Waals surface area contributed by atoms with Crippen LogP contribution >= 0.6 is 0 Å². The standard InChI is InChI=1S/C8H12N8O/c1-15(2)7-11-6(12-8(13-7)17-3)14-16-4-9-10-5-16/h4-5H,1-3H3,(H,11,12,13,14). The highest BCUT2D eigenvalue weighted by atomic mass is 16.5. The summed E-state index contributed by atoms with van der Waals surface area (Å²) in [7, 11) is 5.16. The molecule has 2 aromatic rings. The summed E-state index contributed by atoms with van der Waals surface area (Å²) in [5.41, 5.74) is 2.88. The Morgan fingerprint density at radius 1 is 1.18 bits per heavy atom. The van der Waals surface area contributed by atoms with Crippen LogP contribution in [0.5, 0.6) is 6.01 Å². The number of rotatable bonds is 4. The van der Waals surface area contributed by atoms with Gasteiger partial charge in [0, 0.05) is 14.1 Å². The second kappa shape index (κ2) is 4.60. The van der Waals surface area contributed by atoms with Crippen molar-refractivity contribution in [1.82, 2.24) is 29.8 Å². The van der Waals surface area contributed by atoms with E-state index in [1.54, 1.807) is 4.90 Å². The van der Waals surface area contributed by atoms with Gasteiger partial charge in [-0.3, -0.25) is 5.43 Å². The van der Waals surface area contributed by atoms with Gasteiger partial charge in [-0.05, 0) is 0 Å². The maximum atomic E-state index is 5.00. The molecule has 2 aromatic heterocycles. The second-order valence-electron chi connectivity index (χ2n) is 3.32. The van der Waals surface area contributed by atoms with E-state index < -0.39 is 0 Å². The van der Waals surface area contributed by atoms with Crippen molar-refractivity contribution in [1.29, 1.82) is 0 Å². The van der Waals surface area contributed by atoms with Crippen LogP contribution in [0.1, 0.15) is 0 Å². The molecule has 0 aliphatic heterocycles. The summed E-state index contributed by atoms with van der Waals surface area (Å²) in [5, 5.41) is 7.31. The van der Waals surface area contributed by atoms with Crippen LogP contribution in [0.15, 0.2) is 12.7 Å². The van der Waals surface area contributed by atoms with Crippen molar-refractivity contribution in [3.63, 3.8) is 0 Å². The van der Waals surface area contributed by atoms with E-state index in [4.69, 9.17) is 4.74 Å². The molecular weight excluding hydrogens is 224 g/mol. The first-order chi connectivity index (χ1) is 8.19. The van der Waals surface area contributed by atoms with Gasteiger partial charge in [-0.25, -0.2) is 4.68 Å². The maximum Gasteiger partial charge on any atom is 0.322 e. The Bertz CT molecular complexity index is 482. The number of methoxy groups -OCH3 is 1. The van der Waals surface area contributed by atoms with Crippen molar-refractivity contribution in [2.45, 2.75) is 0 Å². The van der Waals surface area contributed by atoms with E-state index in [2.05, 4.69) is 30.6 Å². The van der Waals surface area contributed by atoms with E-state index in [1.807, 2.05) is 14.1 Å². The number of ether oxygens (including phenoxy) is 1. The van der Waals surface area contributed by atoms with Gasteiger partial charge in [-0.15, -0.1) is 10.2 Å². The van der Waals surface area contributed by atoms with E-state index in [1.165, 1.54) is 24.4 Å². The summed E-state index contributed by atoms with van der Waals surface area (Å²) in [6, 6.07) is 0.235. The number of aromatic nitrogens is 6. The second-order valence-corrected chi connectivity index (χ2v) is 3.32. The van der Waals surface area contributed by atoms with Crippen molar-refractivity contribution in [3.05, 3.63) is 12.7 Å². The zero-order chi connectivity index (χ0) is 12.3. The van der Waals surface area contributed by atoms with Gasteiger partial charge in [-0.1, -0.05) is 0 Å². The smallest absolute Gasteiger partial charge is 0.322 e. The number of hydrogen-bond acceptors (Lipinski definition) is 8. The lowest BCUT2D eigenvalue weighted by molar-refractivity contribution is 0.379. The van der Waals surface area contributed by atoms with Crippen LogP contribution in [-0.4, -0.2) is 51.0 Å². The summed E-state index contributed by atoms with van der Waals surface area (Å²) in [5.74, 6) is 0.841. The lowest BCUT2D eigenvalue weighted by Crippen LogP contribution is -2.17. The molecule has 90 valence electrons. The molecule has 2 rings (SSSR count). The van der Waals surface area contributed by atoms with Crippen LogP contribution in [0.4, 0.5) is 11.9 Å². The van der Waals surface area contributed by atoms with Crippen molar-refractivity contribution >= 4 is 11.9 Å². The molecule has 17 heavy (non-hydrogen) atoms. The summed E-state index contributed by atoms with van der Waals surface area (Å²) in [4.78, 5) is 14.1. The maximum absolute atomic E-state index is 5.00. The fourth-order valence-corrected chi connectivity index (χ4v) is 1.06. The summed E-state index contributed by atoms with van der Waals surface area (Å²) in [6.45, 7) is 0. The molecule has 0 bridgehead atoms. The molecule has 1 N–H and O–H groups in total. The van der Waals surface area contributed by atoms with E-state index in [-0.39, 0.29) is 6.01 Å². The Balaban J connectivity index is 2.29. The average molecular weight is 236 g/mol. The Kier molecular flexibility index (Phi) is 2.99. The molecule has 0 radical (unpaired) electrons. The number of hydrogen-bond donors (Lipinski definition) is 1. The molecule has 0 aromatic carbocycles. The Hall–Kier alpha value is -2.45. The van der Waals surface area contributed by atoms with Gasteiger partial charge < -0.3 is 9.64 Å². The molecule has 0 aliphatic carbocycles. The van der Waals surface area contributed by atoms with E-state index in [0.717, 1.165) is 0 Å². The highest BCUT2D eigenvalue weighted by Crippen LogP contribution is 2.12. The minimum Gasteiger partial charge on any atom is -0.467 e. The third-order valence-corrected chi connectivity index (χ3v) is 1.83. The fourth-order valence-electron chi connectivity index (χ4n) is 1.06. The monoisotopic (exact) mass is 236 g/mol. The highest BCUT2D eigenvalue weighted by molar-refractivity contribution is 5.36. The summed E-state index contributed by atoms with van der Waals surface area (Å²) < 4.78 is 6.52. The molecule has 0 aliphatic rings. The Labute approximate surface area is 97.5 Å². The number of anilines is 2. The number of nitrogens with zero attached hydrogens (tertiary/aromatic N) is 7. The molecule has 9 heteroatoms. The third-order valence-electron chi connectivity index (χ3n) is 1.83. The lowest BCUT2D eigenvalue weighted by atomic mass is 10.8. The first kappa shape index (κ1) is 11.0. The van der Waals surface area contributed by atoms with Crippen LogP contribution in [0, 0.1) is 0 Å². The van der Waals surface area contributed by atoms with Gasteiger partial charge in [0.25, 0.3) is 0 Å². The molecular formula is C8H12N8O.